The molecule has 0 amide bonds. The predicted octanol–water partition coefficient (Wildman–Crippen LogP) is 16.1. The van der Waals surface area contributed by atoms with Crippen LogP contribution in [0.3, 0.4) is 0 Å². The van der Waals surface area contributed by atoms with E-state index in [1.165, 1.54) is 102 Å². The highest BCUT2D eigenvalue weighted by Gasteiger charge is 2.26. The average molecular weight is 800 g/mol. The summed E-state index contributed by atoms with van der Waals surface area (Å²) >= 11 is 3.74. The van der Waals surface area contributed by atoms with Crippen LogP contribution in [0.4, 0.5) is 17.1 Å². The third kappa shape index (κ3) is 5.20. The first kappa shape index (κ1) is 33.8. The number of hydrogen-bond donors (Lipinski definition) is 0. The van der Waals surface area contributed by atoms with E-state index in [1.54, 1.807) is 0 Å². The summed E-state index contributed by atoms with van der Waals surface area (Å²) in [5, 5.41) is 10.3. The van der Waals surface area contributed by atoms with E-state index < -0.39 is 0 Å². The van der Waals surface area contributed by atoms with Gasteiger partial charge in [0.05, 0.1) is 22.4 Å². The van der Waals surface area contributed by atoms with Crippen molar-refractivity contribution < 1.29 is 0 Å². The van der Waals surface area contributed by atoms with Crippen molar-refractivity contribution in [3.63, 3.8) is 0 Å². The van der Waals surface area contributed by atoms with E-state index in [9.17, 15) is 0 Å². The molecule has 0 aliphatic carbocycles. The van der Waals surface area contributed by atoms with Crippen LogP contribution in [-0.2, 0) is 0 Å². The molecule has 1 aliphatic heterocycles. The van der Waals surface area contributed by atoms with Gasteiger partial charge in [-0.1, -0.05) is 109 Å². The third-order valence-electron chi connectivity index (χ3n) is 12.2. The standard InChI is InChI=1S/C55H33N3S2/c1-3-14-48-43(12-1)47-31-35(37-21-25-51-54(32-37)59-53-17-6-4-15-50(53)58(51)41-11-7-9-34(28-41)39-10-8-26-56-33-39)20-24-49(47)57(48)42-22-18-36-30-46-38(27-40(36)29-42)19-23-45-44-13-2-5-16-52(44)60-55(45)46/h1-33H. The van der Waals surface area contributed by atoms with Crippen LogP contribution in [0.15, 0.2) is 210 Å². The number of para-hydroxylation sites is 2. The molecule has 0 radical (unpaired) electrons. The molecule has 280 valence electrons. The zero-order valence-electron chi connectivity index (χ0n) is 32.2. The molecule has 0 saturated carbocycles. The van der Waals surface area contributed by atoms with Crippen molar-refractivity contribution in [1.82, 2.24) is 9.55 Å². The SMILES string of the molecule is c1cncc(-c2cccc(N3c4ccccc4Sc4cc(-c5ccc6c(c5)c5ccccc5n6-c5ccc6cc7c(ccc8c9ccccc9sc78)cc6c5)ccc43)c2)c1. The van der Waals surface area contributed by atoms with Gasteiger partial charge in [0.15, 0.2) is 0 Å². The van der Waals surface area contributed by atoms with Crippen LogP contribution in [0.25, 0.3) is 91.5 Å². The number of hydrogen-bond acceptors (Lipinski definition) is 4. The largest absolute Gasteiger partial charge is 0.309 e. The van der Waals surface area contributed by atoms with Gasteiger partial charge in [-0.3, -0.25) is 4.98 Å². The Hall–Kier alpha value is -7.18. The molecule has 0 atom stereocenters. The van der Waals surface area contributed by atoms with Crippen molar-refractivity contribution in [2.24, 2.45) is 0 Å². The van der Waals surface area contributed by atoms with E-state index in [2.05, 4.69) is 196 Å². The van der Waals surface area contributed by atoms with Crippen LogP contribution in [0.5, 0.6) is 0 Å². The van der Waals surface area contributed by atoms with Crippen LogP contribution in [0.1, 0.15) is 0 Å². The van der Waals surface area contributed by atoms with E-state index in [0.717, 1.165) is 16.8 Å². The van der Waals surface area contributed by atoms with E-state index in [0.29, 0.717) is 0 Å². The van der Waals surface area contributed by atoms with Gasteiger partial charge in [0, 0.05) is 75.5 Å². The Bertz CT molecular complexity index is 3710. The zero-order chi connectivity index (χ0) is 39.3. The van der Waals surface area contributed by atoms with Crippen LogP contribution in [0.2, 0.25) is 0 Å². The van der Waals surface area contributed by atoms with Gasteiger partial charge in [-0.05, 0) is 124 Å². The molecule has 5 heteroatoms. The van der Waals surface area contributed by atoms with Crippen LogP contribution < -0.4 is 4.90 Å². The van der Waals surface area contributed by atoms with E-state index >= 15 is 0 Å². The van der Waals surface area contributed by atoms with Gasteiger partial charge >= 0.3 is 0 Å². The van der Waals surface area contributed by atoms with E-state index in [4.69, 9.17) is 0 Å². The average Bonchev–Trinajstić information content (AvgIpc) is 3.86. The summed E-state index contributed by atoms with van der Waals surface area (Å²) in [6.45, 7) is 0. The summed E-state index contributed by atoms with van der Waals surface area (Å²) in [4.78, 5) is 9.26. The second-order valence-electron chi connectivity index (χ2n) is 15.6. The highest BCUT2D eigenvalue weighted by molar-refractivity contribution is 7.99. The van der Waals surface area contributed by atoms with Crippen LogP contribution in [0, 0.1) is 0 Å². The first-order chi connectivity index (χ1) is 29.7. The van der Waals surface area contributed by atoms with Crippen LogP contribution >= 0.6 is 23.1 Å². The minimum absolute atomic E-state index is 1.11. The Balaban J connectivity index is 0.911. The number of nitrogens with zero attached hydrogens (tertiary/aromatic N) is 3. The summed E-state index contributed by atoms with van der Waals surface area (Å²) < 4.78 is 5.14. The highest BCUT2D eigenvalue weighted by Crippen LogP contribution is 2.53. The fraction of sp³-hybridized carbons (Fsp3) is 0. The van der Waals surface area contributed by atoms with Gasteiger partial charge in [0.1, 0.15) is 0 Å². The number of thiophene rings is 1. The molecule has 13 rings (SSSR count). The molecule has 3 aromatic heterocycles. The summed E-state index contributed by atoms with van der Waals surface area (Å²) in [5.74, 6) is 0. The monoisotopic (exact) mass is 799 g/mol. The highest BCUT2D eigenvalue weighted by atomic mass is 32.2. The van der Waals surface area contributed by atoms with E-state index in [1.807, 2.05) is 41.6 Å². The number of aromatic nitrogens is 2. The molecule has 60 heavy (non-hydrogen) atoms. The number of rotatable bonds is 4. The molecule has 0 saturated heterocycles. The van der Waals surface area contributed by atoms with Gasteiger partial charge in [-0.15, -0.1) is 11.3 Å². The maximum absolute atomic E-state index is 4.38. The van der Waals surface area contributed by atoms with Crippen molar-refractivity contribution in [2.75, 3.05) is 4.90 Å². The Morgan fingerprint density at radius 3 is 2.13 bits per heavy atom. The van der Waals surface area contributed by atoms with Gasteiger partial charge in [0.25, 0.3) is 0 Å². The first-order valence-corrected chi connectivity index (χ1v) is 21.9. The lowest BCUT2D eigenvalue weighted by Crippen LogP contribution is -2.14. The van der Waals surface area contributed by atoms with Gasteiger partial charge < -0.3 is 9.47 Å². The minimum atomic E-state index is 1.11. The van der Waals surface area contributed by atoms with Crippen molar-refractivity contribution >= 4 is 104 Å². The van der Waals surface area contributed by atoms with Gasteiger partial charge in [-0.2, -0.15) is 0 Å². The summed E-state index contributed by atoms with van der Waals surface area (Å²) in [6, 6.07) is 69.4. The maximum Gasteiger partial charge on any atom is 0.0602 e. The molecule has 12 aromatic rings. The quantitative estimate of drug-likeness (QED) is 0.165. The molecular weight excluding hydrogens is 767 g/mol. The second kappa shape index (κ2) is 13.2. The Labute approximate surface area is 354 Å². The lowest BCUT2D eigenvalue weighted by molar-refractivity contribution is 1.17. The molecule has 0 spiro atoms. The molecule has 0 bridgehead atoms. The topological polar surface area (TPSA) is 21.1 Å². The zero-order valence-corrected chi connectivity index (χ0v) is 33.8. The summed E-state index contributed by atoms with van der Waals surface area (Å²) in [6.07, 6.45) is 3.75. The van der Waals surface area contributed by atoms with Crippen molar-refractivity contribution in [2.45, 2.75) is 9.79 Å². The van der Waals surface area contributed by atoms with Crippen molar-refractivity contribution in [1.29, 1.82) is 0 Å². The fourth-order valence-electron chi connectivity index (χ4n) is 9.38. The molecule has 0 N–H and O–H groups in total. The lowest BCUT2D eigenvalue weighted by atomic mass is 10.0. The molecule has 0 fully saturated rings. The molecule has 1 aliphatic rings. The normalized spacial score (nSPS) is 12.6. The van der Waals surface area contributed by atoms with Gasteiger partial charge in [0.2, 0.25) is 0 Å². The predicted molar refractivity (Wildman–Crippen MR) is 256 cm³/mol. The van der Waals surface area contributed by atoms with Crippen molar-refractivity contribution in [3.05, 3.63) is 200 Å². The molecule has 3 nitrogen and oxygen atoms in total. The van der Waals surface area contributed by atoms with Gasteiger partial charge in [-0.25, -0.2) is 0 Å². The minimum Gasteiger partial charge on any atom is -0.309 e. The lowest BCUT2D eigenvalue weighted by Gasteiger charge is -2.33. The number of anilines is 3. The van der Waals surface area contributed by atoms with E-state index in [-0.39, 0.29) is 0 Å². The smallest absolute Gasteiger partial charge is 0.0602 e. The van der Waals surface area contributed by atoms with Crippen LogP contribution in [-0.4, -0.2) is 9.55 Å². The maximum atomic E-state index is 4.38. The Morgan fingerprint density at radius 2 is 1.18 bits per heavy atom. The first-order valence-electron chi connectivity index (χ1n) is 20.3. The fourth-order valence-corrected chi connectivity index (χ4v) is 11.7. The summed E-state index contributed by atoms with van der Waals surface area (Å²) in [7, 11) is 0. The molecule has 9 aromatic carbocycles. The van der Waals surface area contributed by atoms with Crippen molar-refractivity contribution in [3.8, 4) is 27.9 Å². The molecular formula is C55H33N3S2. The third-order valence-corrected chi connectivity index (χ3v) is 14.5. The Kier molecular flexibility index (Phi) is 7.41. The summed E-state index contributed by atoms with van der Waals surface area (Å²) in [5.41, 5.74) is 11.7. The molecule has 0 unspecified atom stereocenters. The number of benzene rings is 9. The number of pyridine rings is 1. The molecule has 4 heterocycles. The number of fused-ring (bicyclic) bond motifs is 11. The second-order valence-corrected chi connectivity index (χ2v) is 17.7. The Morgan fingerprint density at radius 1 is 0.400 bits per heavy atom.